The van der Waals surface area contributed by atoms with E-state index in [2.05, 4.69) is 22.3 Å². The van der Waals surface area contributed by atoms with Crippen LogP contribution in [0.4, 0.5) is 0 Å². The van der Waals surface area contributed by atoms with E-state index in [4.69, 9.17) is 4.74 Å². The molecule has 1 aliphatic heterocycles. The molecular weight excluding hydrogens is 316 g/mol. The molecule has 0 aromatic carbocycles. The first-order valence-electron chi connectivity index (χ1n) is 8.87. The van der Waals surface area contributed by atoms with Crippen molar-refractivity contribution in [3.8, 4) is 0 Å². The Morgan fingerprint density at radius 2 is 2.08 bits per heavy atom. The van der Waals surface area contributed by atoms with Gasteiger partial charge in [0, 0.05) is 24.0 Å². The molecule has 0 aliphatic carbocycles. The van der Waals surface area contributed by atoms with Crippen molar-refractivity contribution < 1.29 is 9.53 Å². The fourth-order valence-electron chi connectivity index (χ4n) is 3.57. The third kappa shape index (κ3) is 4.07. The molecule has 134 valence electrons. The molecule has 1 N–H and O–H groups in total. The Kier molecular flexibility index (Phi) is 5.48. The fourth-order valence-corrected chi connectivity index (χ4v) is 3.57. The van der Waals surface area contributed by atoms with Crippen molar-refractivity contribution in [3.63, 3.8) is 0 Å². The van der Waals surface area contributed by atoms with E-state index in [1.54, 1.807) is 17.1 Å². The van der Waals surface area contributed by atoms with Gasteiger partial charge in [-0.05, 0) is 49.9 Å². The van der Waals surface area contributed by atoms with Gasteiger partial charge in [0.15, 0.2) is 0 Å². The number of hydrogen-bond acceptors (Lipinski definition) is 4. The number of hydrogen-bond donors (Lipinski definition) is 1. The van der Waals surface area contributed by atoms with Crippen molar-refractivity contribution in [2.45, 2.75) is 46.2 Å². The van der Waals surface area contributed by atoms with Crippen LogP contribution >= 0.6 is 0 Å². The first-order valence-corrected chi connectivity index (χ1v) is 8.87. The van der Waals surface area contributed by atoms with E-state index in [0.717, 1.165) is 24.2 Å². The summed E-state index contributed by atoms with van der Waals surface area (Å²) in [5.74, 6) is 0.279. The average molecular weight is 342 g/mol. The highest BCUT2D eigenvalue weighted by Crippen LogP contribution is 2.19. The second-order valence-electron chi connectivity index (χ2n) is 6.69. The molecule has 6 heteroatoms. The Balaban J connectivity index is 1.60. The predicted molar refractivity (Wildman–Crippen MR) is 95.3 cm³/mol. The van der Waals surface area contributed by atoms with Crippen LogP contribution in [0.1, 0.15) is 29.4 Å². The highest BCUT2D eigenvalue weighted by atomic mass is 16.5. The van der Waals surface area contributed by atoms with Crippen molar-refractivity contribution in [2.24, 2.45) is 5.92 Å². The van der Waals surface area contributed by atoms with E-state index in [0.29, 0.717) is 13.2 Å². The number of carbonyl (C=O) groups is 1. The van der Waals surface area contributed by atoms with E-state index in [-0.39, 0.29) is 24.4 Å². The minimum Gasteiger partial charge on any atom is -0.379 e. The molecule has 0 radical (unpaired) electrons. The molecule has 1 saturated heterocycles. The third-order valence-electron chi connectivity index (χ3n) is 4.97. The maximum absolute atomic E-state index is 12.5. The zero-order chi connectivity index (χ0) is 17.8. The Hall–Kier alpha value is -2.21. The second-order valence-corrected chi connectivity index (χ2v) is 6.69. The molecule has 1 aliphatic rings. The maximum atomic E-state index is 12.5. The zero-order valence-electron chi connectivity index (χ0n) is 15.2. The van der Waals surface area contributed by atoms with Crippen LogP contribution in [0.2, 0.25) is 0 Å². The van der Waals surface area contributed by atoms with Gasteiger partial charge in [-0.2, -0.15) is 5.10 Å². The largest absolute Gasteiger partial charge is 0.379 e. The summed E-state index contributed by atoms with van der Waals surface area (Å²) in [7, 11) is 0. The van der Waals surface area contributed by atoms with Crippen molar-refractivity contribution in [1.82, 2.24) is 20.1 Å². The summed E-state index contributed by atoms with van der Waals surface area (Å²) in [6, 6.07) is 4.07. The minimum atomic E-state index is -0.0107. The van der Waals surface area contributed by atoms with Crippen molar-refractivity contribution in [2.75, 3.05) is 13.2 Å². The Labute approximate surface area is 148 Å². The first-order chi connectivity index (χ1) is 12.1. The number of pyridine rings is 1. The normalized spacial score (nSPS) is 20.0. The zero-order valence-corrected chi connectivity index (χ0v) is 15.2. The highest BCUT2D eigenvalue weighted by molar-refractivity contribution is 5.76. The van der Waals surface area contributed by atoms with E-state index < -0.39 is 0 Å². The van der Waals surface area contributed by atoms with Gasteiger partial charge in [0.05, 0.1) is 24.9 Å². The number of aromatic nitrogens is 3. The second kappa shape index (κ2) is 7.78. The van der Waals surface area contributed by atoms with Gasteiger partial charge < -0.3 is 10.1 Å². The summed E-state index contributed by atoms with van der Waals surface area (Å²) in [5.41, 5.74) is 4.53. The van der Waals surface area contributed by atoms with E-state index >= 15 is 0 Å². The molecule has 3 heterocycles. The molecule has 1 amide bonds. The van der Waals surface area contributed by atoms with Gasteiger partial charge in [0.2, 0.25) is 5.91 Å². The molecule has 6 nitrogen and oxygen atoms in total. The Bertz CT molecular complexity index is 727. The SMILES string of the molecule is CCc1c(C)nn(CC(=O)N[C@@H]2COC[C@H]2Cc2ccncc2)c1C. The maximum Gasteiger partial charge on any atom is 0.242 e. The topological polar surface area (TPSA) is 69.0 Å². The van der Waals surface area contributed by atoms with E-state index in [9.17, 15) is 4.79 Å². The molecule has 0 unspecified atom stereocenters. The molecule has 3 rings (SSSR count). The molecular formula is C19H26N4O2. The van der Waals surface area contributed by atoms with Gasteiger partial charge in [-0.3, -0.25) is 14.5 Å². The molecule has 0 spiro atoms. The molecule has 25 heavy (non-hydrogen) atoms. The number of nitrogens with one attached hydrogen (secondary N) is 1. The Morgan fingerprint density at radius 3 is 2.76 bits per heavy atom. The van der Waals surface area contributed by atoms with Crippen LogP contribution in [0.25, 0.3) is 0 Å². The monoisotopic (exact) mass is 342 g/mol. The third-order valence-corrected chi connectivity index (χ3v) is 4.97. The highest BCUT2D eigenvalue weighted by Gasteiger charge is 2.29. The summed E-state index contributed by atoms with van der Waals surface area (Å²) < 4.78 is 7.41. The van der Waals surface area contributed by atoms with Gasteiger partial charge in [0.25, 0.3) is 0 Å². The lowest BCUT2D eigenvalue weighted by atomic mass is 9.95. The van der Waals surface area contributed by atoms with Crippen LogP contribution in [-0.4, -0.2) is 39.9 Å². The van der Waals surface area contributed by atoms with Crippen LogP contribution in [0.15, 0.2) is 24.5 Å². The van der Waals surface area contributed by atoms with E-state index in [1.165, 1.54) is 11.1 Å². The average Bonchev–Trinajstić information content (AvgIpc) is 3.13. The lowest BCUT2D eigenvalue weighted by molar-refractivity contribution is -0.122. The summed E-state index contributed by atoms with van der Waals surface area (Å²) in [5, 5.41) is 7.63. The molecule has 0 bridgehead atoms. The van der Waals surface area contributed by atoms with E-state index in [1.807, 2.05) is 26.0 Å². The molecule has 0 saturated carbocycles. The van der Waals surface area contributed by atoms with Gasteiger partial charge in [-0.25, -0.2) is 0 Å². The van der Waals surface area contributed by atoms with Gasteiger partial charge >= 0.3 is 0 Å². The number of nitrogens with zero attached hydrogens (tertiary/aromatic N) is 3. The number of rotatable bonds is 6. The molecule has 1 fully saturated rings. The first kappa shape index (κ1) is 17.6. The smallest absolute Gasteiger partial charge is 0.242 e. The quantitative estimate of drug-likeness (QED) is 0.870. The molecule has 2 atom stereocenters. The van der Waals surface area contributed by atoms with Gasteiger partial charge in [-0.15, -0.1) is 0 Å². The van der Waals surface area contributed by atoms with Crippen LogP contribution in [-0.2, 0) is 28.9 Å². The van der Waals surface area contributed by atoms with Crippen LogP contribution in [0.5, 0.6) is 0 Å². The molecule has 2 aromatic heterocycles. The number of carbonyl (C=O) groups excluding carboxylic acids is 1. The summed E-state index contributed by atoms with van der Waals surface area (Å²) in [6.07, 6.45) is 5.41. The van der Waals surface area contributed by atoms with Crippen molar-refractivity contribution in [1.29, 1.82) is 0 Å². The summed E-state index contributed by atoms with van der Waals surface area (Å²) in [4.78, 5) is 16.5. The Morgan fingerprint density at radius 1 is 1.32 bits per heavy atom. The van der Waals surface area contributed by atoms with Gasteiger partial charge in [-0.1, -0.05) is 6.92 Å². The van der Waals surface area contributed by atoms with Crippen molar-refractivity contribution >= 4 is 5.91 Å². The standard InChI is InChI=1S/C19H26N4O2/c1-4-17-13(2)22-23(14(17)3)10-19(24)21-18-12-25-11-16(18)9-15-5-7-20-8-6-15/h5-8,16,18H,4,9-12H2,1-3H3,(H,21,24)/t16-,18-/m1/s1. The lowest BCUT2D eigenvalue weighted by Crippen LogP contribution is -2.42. The lowest BCUT2D eigenvalue weighted by Gasteiger charge is -2.19. The fraction of sp³-hybridized carbons (Fsp3) is 0.526. The number of aryl methyl sites for hydroxylation is 1. The molecule has 2 aromatic rings. The summed E-state index contributed by atoms with van der Waals surface area (Å²) in [6.45, 7) is 7.63. The summed E-state index contributed by atoms with van der Waals surface area (Å²) >= 11 is 0. The van der Waals surface area contributed by atoms with Crippen LogP contribution in [0.3, 0.4) is 0 Å². The van der Waals surface area contributed by atoms with Crippen LogP contribution in [0, 0.1) is 19.8 Å². The number of ether oxygens (including phenoxy) is 1. The van der Waals surface area contributed by atoms with Crippen LogP contribution < -0.4 is 5.32 Å². The van der Waals surface area contributed by atoms with Gasteiger partial charge in [0.1, 0.15) is 6.54 Å². The minimum absolute atomic E-state index is 0.0107. The van der Waals surface area contributed by atoms with Crippen molar-refractivity contribution in [3.05, 3.63) is 47.0 Å². The predicted octanol–water partition coefficient (Wildman–Crippen LogP) is 1.83. The number of amides is 1.